The SMILES string of the molecule is CCC(C)(CC(C)(C)C(=O)ONC(=O)OC(C)(C)C)C(=O)ONC(=O)OC(C)(C)C. The van der Waals surface area contributed by atoms with Gasteiger partial charge in [-0.1, -0.05) is 6.92 Å². The Kier molecular flexibility index (Phi) is 9.15. The van der Waals surface area contributed by atoms with Crippen LogP contribution in [0.5, 0.6) is 0 Å². The zero-order valence-electron chi connectivity index (χ0n) is 19.7. The van der Waals surface area contributed by atoms with Crippen LogP contribution in [0.1, 0.15) is 82.1 Å². The van der Waals surface area contributed by atoms with Crippen molar-refractivity contribution < 1.29 is 38.3 Å². The lowest BCUT2D eigenvalue weighted by Gasteiger charge is -2.33. The first kappa shape index (κ1) is 27.5. The molecule has 0 aromatic carbocycles. The van der Waals surface area contributed by atoms with Crippen LogP contribution in [0.2, 0.25) is 0 Å². The number of hydrogen-bond donors (Lipinski definition) is 2. The highest BCUT2D eigenvalue weighted by molar-refractivity contribution is 5.81. The maximum atomic E-state index is 12.6. The predicted molar refractivity (Wildman–Crippen MR) is 108 cm³/mol. The first-order chi connectivity index (χ1) is 13.3. The van der Waals surface area contributed by atoms with Gasteiger partial charge < -0.3 is 19.1 Å². The predicted octanol–water partition coefficient (Wildman–Crippen LogP) is 3.78. The zero-order chi connectivity index (χ0) is 24.0. The lowest BCUT2D eigenvalue weighted by molar-refractivity contribution is -0.170. The van der Waals surface area contributed by atoms with Gasteiger partial charge in [-0.25, -0.2) is 19.2 Å². The molecule has 0 aromatic rings. The van der Waals surface area contributed by atoms with Crippen molar-refractivity contribution in [2.45, 2.75) is 93.3 Å². The van der Waals surface area contributed by atoms with E-state index in [-0.39, 0.29) is 6.42 Å². The van der Waals surface area contributed by atoms with E-state index in [1.807, 2.05) is 11.0 Å². The highest BCUT2D eigenvalue weighted by Gasteiger charge is 2.44. The second kappa shape index (κ2) is 9.99. The summed E-state index contributed by atoms with van der Waals surface area (Å²) in [6, 6.07) is 0. The molecule has 0 rings (SSSR count). The van der Waals surface area contributed by atoms with Gasteiger partial charge in [0, 0.05) is 0 Å². The minimum atomic E-state index is -1.16. The third-order valence-electron chi connectivity index (χ3n) is 3.91. The van der Waals surface area contributed by atoms with E-state index >= 15 is 0 Å². The van der Waals surface area contributed by atoms with E-state index in [1.54, 1.807) is 69.2 Å². The first-order valence-electron chi connectivity index (χ1n) is 9.72. The number of hydrogen-bond acceptors (Lipinski definition) is 8. The van der Waals surface area contributed by atoms with Crippen molar-refractivity contribution in [1.82, 2.24) is 11.0 Å². The van der Waals surface area contributed by atoms with Crippen molar-refractivity contribution in [2.24, 2.45) is 10.8 Å². The molecule has 0 bridgehead atoms. The van der Waals surface area contributed by atoms with E-state index in [0.29, 0.717) is 6.42 Å². The Morgan fingerprint density at radius 3 is 1.37 bits per heavy atom. The van der Waals surface area contributed by atoms with Gasteiger partial charge in [-0.3, -0.25) is 0 Å². The van der Waals surface area contributed by atoms with Gasteiger partial charge >= 0.3 is 24.1 Å². The Labute approximate surface area is 178 Å². The van der Waals surface area contributed by atoms with Crippen LogP contribution in [0.3, 0.4) is 0 Å². The Morgan fingerprint density at radius 2 is 1.03 bits per heavy atom. The highest BCUT2D eigenvalue weighted by Crippen LogP contribution is 2.38. The largest absolute Gasteiger partial charge is 0.442 e. The smallest absolute Gasteiger partial charge is 0.441 e. The minimum absolute atomic E-state index is 0.0279. The summed E-state index contributed by atoms with van der Waals surface area (Å²) in [5, 5.41) is 0. The second-order valence-electron chi connectivity index (χ2n) is 9.96. The average molecular weight is 433 g/mol. The van der Waals surface area contributed by atoms with E-state index in [2.05, 4.69) is 0 Å². The molecular formula is C20H36N2O8. The third kappa shape index (κ3) is 10.3. The fraction of sp³-hybridized carbons (Fsp3) is 0.800. The Bertz CT molecular complexity index is 646. The van der Waals surface area contributed by atoms with Crippen LogP contribution in [0.15, 0.2) is 0 Å². The molecule has 0 aliphatic carbocycles. The Hall–Kier alpha value is -2.52. The molecular weight excluding hydrogens is 396 g/mol. The van der Waals surface area contributed by atoms with E-state index in [4.69, 9.17) is 19.1 Å². The molecule has 0 aromatic heterocycles. The molecule has 0 saturated heterocycles. The molecule has 10 nitrogen and oxygen atoms in total. The monoisotopic (exact) mass is 432 g/mol. The lowest BCUT2D eigenvalue weighted by atomic mass is 9.72. The summed E-state index contributed by atoms with van der Waals surface area (Å²) >= 11 is 0. The van der Waals surface area contributed by atoms with Crippen LogP contribution in [0, 0.1) is 10.8 Å². The summed E-state index contributed by atoms with van der Waals surface area (Å²) in [5.74, 6) is -1.50. The summed E-state index contributed by atoms with van der Waals surface area (Å²) in [4.78, 5) is 58.0. The van der Waals surface area contributed by atoms with Crippen molar-refractivity contribution >= 4 is 24.1 Å². The highest BCUT2D eigenvalue weighted by atomic mass is 16.7. The van der Waals surface area contributed by atoms with Gasteiger partial charge in [0.15, 0.2) is 0 Å². The molecule has 0 saturated carbocycles. The van der Waals surface area contributed by atoms with Crippen LogP contribution in [-0.2, 0) is 28.7 Å². The van der Waals surface area contributed by atoms with E-state index in [1.165, 1.54) is 0 Å². The molecule has 0 radical (unpaired) electrons. The molecule has 0 heterocycles. The van der Waals surface area contributed by atoms with Gasteiger partial charge in [-0.05, 0) is 75.2 Å². The van der Waals surface area contributed by atoms with Crippen molar-refractivity contribution in [3.63, 3.8) is 0 Å². The number of amides is 2. The molecule has 0 spiro atoms. The molecule has 1 unspecified atom stereocenters. The lowest BCUT2D eigenvalue weighted by Crippen LogP contribution is -2.43. The fourth-order valence-electron chi connectivity index (χ4n) is 2.42. The maximum Gasteiger partial charge on any atom is 0.441 e. The van der Waals surface area contributed by atoms with Crippen molar-refractivity contribution in [3.8, 4) is 0 Å². The molecule has 30 heavy (non-hydrogen) atoms. The molecule has 0 aliphatic rings. The maximum absolute atomic E-state index is 12.6. The van der Waals surface area contributed by atoms with Crippen LogP contribution in [-0.4, -0.2) is 35.3 Å². The molecule has 10 heteroatoms. The van der Waals surface area contributed by atoms with Gasteiger partial charge in [0.05, 0.1) is 10.8 Å². The van der Waals surface area contributed by atoms with Gasteiger partial charge in [0.25, 0.3) is 0 Å². The summed E-state index contributed by atoms with van der Waals surface area (Å²) in [6.07, 6.45) is -1.47. The Morgan fingerprint density at radius 1 is 0.667 bits per heavy atom. The van der Waals surface area contributed by atoms with Gasteiger partial charge in [-0.2, -0.15) is 0 Å². The minimum Gasteiger partial charge on any atom is -0.442 e. The molecule has 0 fully saturated rings. The molecule has 0 aliphatic heterocycles. The second-order valence-corrected chi connectivity index (χ2v) is 9.96. The normalized spacial score (nSPS) is 14.1. The zero-order valence-corrected chi connectivity index (χ0v) is 19.7. The van der Waals surface area contributed by atoms with Crippen LogP contribution >= 0.6 is 0 Å². The van der Waals surface area contributed by atoms with Gasteiger partial charge in [0.2, 0.25) is 0 Å². The van der Waals surface area contributed by atoms with Crippen LogP contribution in [0.25, 0.3) is 0 Å². The number of nitrogens with one attached hydrogen (secondary N) is 2. The van der Waals surface area contributed by atoms with E-state index in [0.717, 1.165) is 0 Å². The summed E-state index contributed by atoms with van der Waals surface area (Å²) in [6.45, 7) is 16.5. The molecule has 2 amide bonds. The quantitative estimate of drug-likeness (QED) is 0.496. The topological polar surface area (TPSA) is 129 Å². The van der Waals surface area contributed by atoms with E-state index < -0.39 is 46.2 Å². The fourth-order valence-corrected chi connectivity index (χ4v) is 2.42. The standard InChI is InChI=1S/C20H36N2O8/c1-11-20(10,14(24)30-22-16(26)28-18(5,6)7)12-19(8,9)13(23)29-21-15(25)27-17(2,3)4/h11-12H2,1-10H3,(H,21,25)(H,22,26). The summed E-state index contributed by atoms with van der Waals surface area (Å²) in [7, 11) is 0. The molecule has 174 valence electrons. The van der Waals surface area contributed by atoms with Crippen molar-refractivity contribution in [3.05, 3.63) is 0 Å². The van der Waals surface area contributed by atoms with E-state index in [9.17, 15) is 19.2 Å². The number of carbonyl (C=O) groups is 4. The first-order valence-corrected chi connectivity index (χ1v) is 9.72. The molecule has 2 N–H and O–H groups in total. The average Bonchev–Trinajstić information content (AvgIpc) is 2.53. The number of ether oxygens (including phenoxy) is 2. The number of rotatable bonds is 5. The Balaban J connectivity index is 4.94. The van der Waals surface area contributed by atoms with Crippen LogP contribution in [0.4, 0.5) is 9.59 Å². The van der Waals surface area contributed by atoms with Gasteiger partial charge in [0.1, 0.15) is 11.2 Å². The summed E-state index contributed by atoms with van der Waals surface area (Å²) in [5.41, 5.74) is 0.106. The van der Waals surface area contributed by atoms with Crippen molar-refractivity contribution in [1.29, 1.82) is 0 Å². The number of hydroxylamine groups is 2. The van der Waals surface area contributed by atoms with Gasteiger partial charge in [-0.15, -0.1) is 11.0 Å². The van der Waals surface area contributed by atoms with Crippen molar-refractivity contribution in [2.75, 3.05) is 0 Å². The summed E-state index contributed by atoms with van der Waals surface area (Å²) < 4.78 is 10.0. The number of carbonyl (C=O) groups excluding carboxylic acids is 4. The van der Waals surface area contributed by atoms with Crippen LogP contribution < -0.4 is 11.0 Å². The molecule has 1 atom stereocenters. The third-order valence-corrected chi connectivity index (χ3v) is 3.91.